The fourth-order valence-electron chi connectivity index (χ4n) is 2.59. The van der Waals surface area contributed by atoms with Crippen LogP contribution >= 0.6 is 0 Å². The zero-order valence-electron chi connectivity index (χ0n) is 12.1. The second-order valence-corrected chi connectivity index (χ2v) is 5.16. The predicted octanol–water partition coefficient (Wildman–Crippen LogP) is 2.27. The molecule has 1 amide bonds. The molecule has 4 heteroatoms. The molecule has 1 heterocycles. The molecule has 4 nitrogen and oxygen atoms in total. The highest BCUT2D eigenvalue weighted by Crippen LogP contribution is 2.20. The molecule has 1 aromatic carbocycles. The molecule has 0 saturated carbocycles. The number of likely N-dealkylation sites (tertiary alicyclic amines) is 1. The lowest BCUT2D eigenvalue weighted by atomic mass is 9.97. The number of ether oxygens (including phenoxy) is 1. The van der Waals surface area contributed by atoms with Crippen LogP contribution in [0, 0.1) is 5.92 Å². The number of carbonyl (C=O) groups excluding carboxylic acids is 2. The first-order chi connectivity index (χ1) is 9.65. The molecule has 1 aliphatic rings. The van der Waals surface area contributed by atoms with Gasteiger partial charge in [0.05, 0.1) is 13.0 Å². The standard InChI is InChI=1S/C16H21NO3/c1-3-12-6-8-13(9-7-12)15(18)17-10-4-5-14(11-17)16(19)20-2/h6-9,14H,3-5,10-11H2,1-2H3. The van der Waals surface area contributed by atoms with Crippen LogP contribution in [-0.4, -0.2) is 37.0 Å². The zero-order valence-corrected chi connectivity index (χ0v) is 12.1. The van der Waals surface area contributed by atoms with Gasteiger partial charge in [0.25, 0.3) is 5.91 Å². The number of aryl methyl sites for hydroxylation is 1. The van der Waals surface area contributed by atoms with Gasteiger partial charge in [0, 0.05) is 18.7 Å². The normalized spacial score (nSPS) is 18.7. The molecule has 2 rings (SSSR count). The highest BCUT2D eigenvalue weighted by atomic mass is 16.5. The Morgan fingerprint density at radius 2 is 2.00 bits per heavy atom. The Balaban J connectivity index is 2.05. The fraction of sp³-hybridized carbons (Fsp3) is 0.500. The van der Waals surface area contributed by atoms with E-state index in [4.69, 9.17) is 4.74 Å². The Bertz CT molecular complexity index is 481. The Morgan fingerprint density at radius 3 is 2.60 bits per heavy atom. The highest BCUT2D eigenvalue weighted by Gasteiger charge is 2.29. The van der Waals surface area contributed by atoms with Crippen molar-refractivity contribution >= 4 is 11.9 Å². The Hall–Kier alpha value is -1.84. The van der Waals surface area contributed by atoms with Crippen molar-refractivity contribution in [1.29, 1.82) is 0 Å². The van der Waals surface area contributed by atoms with Gasteiger partial charge in [0.15, 0.2) is 0 Å². The number of hydrogen-bond acceptors (Lipinski definition) is 3. The van der Waals surface area contributed by atoms with E-state index in [2.05, 4.69) is 6.92 Å². The molecule has 0 aliphatic carbocycles. The average Bonchev–Trinajstić information content (AvgIpc) is 2.53. The zero-order chi connectivity index (χ0) is 14.5. The van der Waals surface area contributed by atoms with Gasteiger partial charge in [-0.3, -0.25) is 9.59 Å². The first-order valence-corrected chi connectivity index (χ1v) is 7.11. The quantitative estimate of drug-likeness (QED) is 0.795. The van der Waals surface area contributed by atoms with Crippen molar-refractivity contribution in [2.45, 2.75) is 26.2 Å². The first-order valence-electron chi connectivity index (χ1n) is 7.11. The Labute approximate surface area is 119 Å². The molecule has 0 bridgehead atoms. The molecule has 20 heavy (non-hydrogen) atoms. The largest absolute Gasteiger partial charge is 0.469 e. The number of nitrogens with zero attached hydrogens (tertiary/aromatic N) is 1. The van der Waals surface area contributed by atoms with E-state index in [9.17, 15) is 9.59 Å². The highest BCUT2D eigenvalue weighted by molar-refractivity contribution is 5.94. The average molecular weight is 275 g/mol. The molecular weight excluding hydrogens is 254 g/mol. The fourth-order valence-corrected chi connectivity index (χ4v) is 2.59. The second-order valence-electron chi connectivity index (χ2n) is 5.16. The van der Waals surface area contributed by atoms with E-state index < -0.39 is 0 Å². The second kappa shape index (κ2) is 6.55. The summed E-state index contributed by atoms with van der Waals surface area (Å²) in [4.78, 5) is 25.8. The molecule has 1 aromatic rings. The number of hydrogen-bond donors (Lipinski definition) is 0. The maximum absolute atomic E-state index is 12.4. The lowest BCUT2D eigenvalue weighted by Crippen LogP contribution is -2.42. The van der Waals surface area contributed by atoms with E-state index in [1.54, 1.807) is 4.90 Å². The Kier molecular flexibility index (Phi) is 4.77. The van der Waals surface area contributed by atoms with Crippen molar-refractivity contribution in [1.82, 2.24) is 4.90 Å². The number of benzene rings is 1. The summed E-state index contributed by atoms with van der Waals surface area (Å²) >= 11 is 0. The third-order valence-corrected chi connectivity index (χ3v) is 3.85. The summed E-state index contributed by atoms with van der Waals surface area (Å²) in [6.07, 6.45) is 2.60. The summed E-state index contributed by atoms with van der Waals surface area (Å²) in [5, 5.41) is 0. The van der Waals surface area contributed by atoms with Crippen molar-refractivity contribution in [3.63, 3.8) is 0 Å². The molecule has 1 saturated heterocycles. The maximum Gasteiger partial charge on any atom is 0.310 e. The third-order valence-electron chi connectivity index (χ3n) is 3.85. The topological polar surface area (TPSA) is 46.6 Å². The van der Waals surface area contributed by atoms with Crippen LogP contribution in [0.4, 0.5) is 0 Å². The van der Waals surface area contributed by atoms with Crippen molar-refractivity contribution < 1.29 is 14.3 Å². The van der Waals surface area contributed by atoms with Gasteiger partial charge < -0.3 is 9.64 Å². The summed E-state index contributed by atoms with van der Waals surface area (Å²) in [6, 6.07) is 7.69. The molecule has 1 aliphatic heterocycles. The van der Waals surface area contributed by atoms with Crippen LogP contribution in [0.1, 0.15) is 35.7 Å². The van der Waals surface area contributed by atoms with Crippen LogP contribution in [0.25, 0.3) is 0 Å². The van der Waals surface area contributed by atoms with Gasteiger partial charge in [-0.15, -0.1) is 0 Å². The molecule has 0 radical (unpaired) electrons. The van der Waals surface area contributed by atoms with Crippen molar-refractivity contribution in [3.05, 3.63) is 35.4 Å². The molecular formula is C16H21NO3. The van der Waals surface area contributed by atoms with Gasteiger partial charge in [0.2, 0.25) is 0 Å². The minimum absolute atomic E-state index is 0.00116. The molecule has 1 atom stereocenters. The van der Waals surface area contributed by atoms with Gasteiger partial charge in [-0.05, 0) is 37.0 Å². The maximum atomic E-state index is 12.4. The van der Waals surface area contributed by atoms with Crippen LogP contribution in [0.5, 0.6) is 0 Å². The molecule has 1 fully saturated rings. The van der Waals surface area contributed by atoms with Gasteiger partial charge in [-0.2, -0.15) is 0 Å². The smallest absolute Gasteiger partial charge is 0.310 e. The Morgan fingerprint density at radius 1 is 1.30 bits per heavy atom. The number of piperidine rings is 1. The van der Waals surface area contributed by atoms with Crippen LogP contribution in [0.3, 0.4) is 0 Å². The molecule has 0 N–H and O–H groups in total. The summed E-state index contributed by atoms with van der Waals surface area (Å²) in [7, 11) is 1.40. The summed E-state index contributed by atoms with van der Waals surface area (Å²) in [5.41, 5.74) is 1.90. The van der Waals surface area contributed by atoms with Crippen molar-refractivity contribution in [3.8, 4) is 0 Å². The number of amides is 1. The van der Waals surface area contributed by atoms with Crippen molar-refractivity contribution in [2.75, 3.05) is 20.2 Å². The van der Waals surface area contributed by atoms with Crippen LogP contribution < -0.4 is 0 Å². The summed E-state index contributed by atoms with van der Waals surface area (Å²) < 4.78 is 4.78. The molecule has 0 spiro atoms. The van der Waals surface area contributed by atoms with E-state index in [0.29, 0.717) is 18.7 Å². The number of rotatable bonds is 3. The van der Waals surface area contributed by atoms with Gasteiger partial charge in [-0.1, -0.05) is 19.1 Å². The summed E-state index contributed by atoms with van der Waals surface area (Å²) in [6.45, 7) is 3.26. The predicted molar refractivity (Wildman–Crippen MR) is 76.5 cm³/mol. The SMILES string of the molecule is CCc1ccc(C(=O)N2CCCC(C(=O)OC)C2)cc1. The van der Waals surface area contributed by atoms with Gasteiger partial charge >= 0.3 is 5.97 Å². The van der Waals surface area contributed by atoms with Crippen LogP contribution in [0.2, 0.25) is 0 Å². The van der Waals surface area contributed by atoms with E-state index in [1.165, 1.54) is 12.7 Å². The number of carbonyl (C=O) groups is 2. The van der Waals surface area contributed by atoms with E-state index >= 15 is 0 Å². The lowest BCUT2D eigenvalue weighted by molar-refractivity contribution is -0.146. The van der Waals surface area contributed by atoms with E-state index in [0.717, 1.165) is 19.3 Å². The molecule has 0 aromatic heterocycles. The molecule has 108 valence electrons. The van der Waals surface area contributed by atoms with Crippen LogP contribution in [-0.2, 0) is 16.0 Å². The van der Waals surface area contributed by atoms with Gasteiger partial charge in [-0.25, -0.2) is 0 Å². The van der Waals surface area contributed by atoms with E-state index in [1.807, 2.05) is 24.3 Å². The first kappa shape index (κ1) is 14.6. The third kappa shape index (κ3) is 3.18. The minimum Gasteiger partial charge on any atom is -0.469 e. The minimum atomic E-state index is -0.219. The molecule has 1 unspecified atom stereocenters. The van der Waals surface area contributed by atoms with Crippen LogP contribution in [0.15, 0.2) is 24.3 Å². The number of methoxy groups -OCH3 is 1. The van der Waals surface area contributed by atoms with Crippen molar-refractivity contribution in [2.24, 2.45) is 5.92 Å². The number of esters is 1. The van der Waals surface area contributed by atoms with Gasteiger partial charge in [0.1, 0.15) is 0 Å². The summed E-state index contributed by atoms with van der Waals surface area (Å²) in [5.74, 6) is -0.405. The van der Waals surface area contributed by atoms with E-state index in [-0.39, 0.29) is 17.8 Å². The monoisotopic (exact) mass is 275 g/mol. The lowest BCUT2D eigenvalue weighted by Gasteiger charge is -2.31.